The molecule has 0 saturated heterocycles. The summed E-state index contributed by atoms with van der Waals surface area (Å²) in [6.45, 7) is 2.48. The average molecular weight is 277 g/mol. The van der Waals surface area contributed by atoms with Gasteiger partial charge in [0.05, 0.1) is 13.7 Å². The summed E-state index contributed by atoms with van der Waals surface area (Å²) >= 11 is 0. The number of methoxy groups -OCH3 is 1. The lowest BCUT2D eigenvalue weighted by atomic mass is 9.80. The van der Waals surface area contributed by atoms with Crippen molar-refractivity contribution in [2.45, 2.75) is 32.1 Å². The summed E-state index contributed by atoms with van der Waals surface area (Å²) in [4.78, 5) is 0. The molecule has 0 aliphatic heterocycles. The zero-order chi connectivity index (χ0) is 14.2. The second-order valence-electron chi connectivity index (χ2n) is 5.71. The lowest BCUT2D eigenvalue weighted by molar-refractivity contribution is 0.0628. The van der Waals surface area contributed by atoms with Crippen LogP contribution < -0.4 is 10.5 Å². The molecule has 0 spiro atoms. The van der Waals surface area contributed by atoms with Crippen LogP contribution in [0.2, 0.25) is 0 Å². The number of nitrogens with two attached hydrogens (primary N) is 1. The van der Waals surface area contributed by atoms with E-state index in [-0.39, 0.29) is 0 Å². The van der Waals surface area contributed by atoms with Crippen LogP contribution in [0.3, 0.4) is 0 Å². The summed E-state index contributed by atoms with van der Waals surface area (Å²) in [7, 11) is 1.69. The molecule has 20 heavy (non-hydrogen) atoms. The summed E-state index contributed by atoms with van der Waals surface area (Å²) in [6, 6.07) is 8.21. The van der Waals surface area contributed by atoms with Crippen molar-refractivity contribution in [1.82, 2.24) is 0 Å². The van der Waals surface area contributed by atoms with Gasteiger partial charge in [0.15, 0.2) is 0 Å². The van der Waals surface area contributed by atoms with Crippen LogP contribution in [-0.2, 0) is 11.2 Å². The van der Waals surface area contributed by atoms with Crippen molar-refractivity contribution >= 4 is 0 Å². The Morgan fingerprint density at radius 3 is 2.45 bits per heavy atom. The van der Waals surface area contributed by atoms with E-state index in [2.05, 4.69) is 12.1 Å². The summed E-state index contributed by atoms with van der Waals surface area (Å²) in [5, 5.41) is 0. The van der Waals surface area contributed by atoms with Gasteiger partial charge in [0.25, 0.3) is 0 Å². The predicted molar refractivity (Wildman–Crippen MR) is 82.0 cm³/mol. The van der Waals surface area contributed by atoms with Gasteiger partial charge in [-0.2, -0.15) is 0 Å². The largest absolute Gasteiger partial charge is 0.497 e. The Bertz CT molecular complexity index is 377. The fourth-order valence-corrected chi connectivity index (χ4v) is 3.03. The van der Waals surface area contributed by atoms with Gasteiger partial charge in [-0.1, -0.05) is 25.0 Å². The third kappa shape index (κ3) is 4.50. The van der Waals surface area contributed by atoms with Crippen LogP contribution in [0.15, 0.2) is 24.3 Å². The standard InChI is InChI=1S/C17H27NO2/c1-19-17-8-6-14(7-9-17)10-11-20-13-16-5-3-2-4-15(16)12-18/h6-9,15-16H,2-5,10-13,18H2,1H3. The van der Waals surface area contributed by atoms with Crippen molar-refractivity contribution in [2.24, 2.45) is 17.6 Å². The molecule has 3 nitrogen and oxygen atoms in total. The zero-order valence-corrected chi connectivity index (χ0v) is 12.5. The van der Waals surface area contributed by atoms with E-state index in [4.69, 9.17) is 15.2 Å². The van der Waals surface area contributed by atoms with Gasteiger partial charge >= 0.3 is 0 Å². The van der Waals surface area contributed by atoms with Crippen LogP contribution in [-0.4, -0.2) is 26.9 Å². The van der Waals surface area contributed by atoms with E-state index in [1.807, 2.05) is 12.1 Å². The van der Waals surface area contributed by atoms with Gasteiger partial charge in [-0.15, -0.1) is 0 Å². The first kappa shape index (κ1) is 15.3. The van der Waals surface area contributed by atoms with Gasteiger partial charge in [0.1, 0.15) is 5.75 Å². The first-order chi connectivity index (χ1) is 9.83. The maximum Gasteiger partial charge on any atom is 0.118 e. The number of hydrogen-bond donors (Lipinski definition) is 1. The molecule has 1 aromatic rings. The maximum absolute atomic E-state index is 5.88. The molecule has 112 valence electrons. The molecule has 2 unspecified atom stereocenters. The minimum Gasteiger partial charge on any atom is -0.497 e. The number of benzene rings is 1. The van der Waals surface area contributed by atoms with E-state index in [1.165, 1.54) is 31.2 Å². The van der Waals surface area contributed by atoms with E-state index in [1.54, 1.807) is 7.11 Å². The molecular weight excluding hydrogens is 250 g/mol. The Kier molecular flexibility index (Phi) is 6.34. The van der Waals surface area contributed by atoms with Crippen molar-refractivity contribution < 1.29 is 9.47 Å². The third-order valence-corrected chi connectivity index (χ3v) is 4.40. The molecule has 1 fully saturated rings. The zero-order valence-electron chi connectivity index (χ0n) is 12.5. The van der Waals surface area contributed by atoms with Crippen molar-refractivity contribution in [3.05, 3.63) is 29.8 Å². The number of hydrogen-bond acceptors (Lipinski definition) is 3. The maximum atomic E-state index is 5.88. The Labute approximate surface area is 122 Å². The Balaban J connectivity index is 1.67. The van der Waals surface area contributed by atoms with Crippen molar-refractivity contribution in [1.29, 1.82) is 0 Å². The molecule has 2 rings (SSSR count). The Morgan fingerprint density at radius 1 is 1.10 bits per heavy atom. The normalized spacial score (nSPS) is 22.7. The Morgan fingerprint density at radius 2 is 1.80 bits per heavy atom. The molecule has 1 aromatic carbocycles. The predicted octanol–water partition coefficient (Wildman–Crippen LogP) is 3.02. The second kappa shape index (κ2) is 8.28. The molecule has 0 amide bonds. The van der Waals surface area contributed by atoms with Crippen molar-refractivity contribution in [3.63, 3.8) is 0 Å². The molecule has 2 N–H and O–H groups in total. The Hall–Kier alpha value is -1.06. The summed E-state index contributed by atoms with van der Waals surface area (Å²) in [5.41, 5.74) is 7.14. The van der Waals surface area contributed by atoms with Gasteiger partial charge in [-0.25, -0.2) is 0 Å². The highest BCUT2D eigenvalue weighted by atomic mass is 16.5. The highest BCUT2D eigenvalue weighted by Crippen LogP contribution is 2.29. The summed E-state index contributed by atoms with van der Waals surface area (Å²) < 4.78 is 11.0. The molecule has 3 heteroatoms. The molecule has 1 aliphatic carbocycles. The fourth-order valence-electron chi connectivity index (χ4n) is 3.03. The van der Waals surface area contributed by atoms with E-state index < -0.39 is 0 Å². The van der Waals surface area contributed by atoms with Crippen LogP contribution in [0.5, 0.6) is 5.75 Å². The molecule has 1 aliphatic rings. The third-order valence-electron chi connectivity index (χ3n) is 4.40. The smallest absolute Gasteiger partial charge is 0.118 e. The number of ether oxygens (including phenoxy) is 2. The lowest BCUT2D eigenvalue weighted by Gasteiger charge is -2.30. The minimum absolute atomic E-state index is 0.671. The van der Waals surface area contributed by atoms with E-state index in [0.29, 0.717) is 11.8 Å². The second-order valence-corrected chi connectivity index (χ2v) is 5.71. The topological polar surface area (TPSA) is 44.5 Å². The van der Waals surface area contributed by atoms with Gasteiger partial charge in [-0.3, -0.25) is 0 Å². The molecule has 0 aromatic heterocycles. The van der Waals surface area contributed by atoms with Crippen LogP contribution in [0.1, 0.15) is 31.2 Å². The monoisotopic (exact) mass is 277 g/mol. The SMILES string of the molecule is COc1ccc(CCOCC2CCCCC2CN)cc1. The van der Waals surface area contributed by atoms with E-state index in [9.17, 15) is 0 Å². The fraction of sp³-hybridized carbons (Fsp3) is 0.647. The molecule has 2 atom stereocenters. The van der Waals surface area contributed by atoms with Gasteiger partial charge in [-0.05, 0) is 55.3 Å². The number of rotatable bonds is 7. The molecule has 1 saturated carbocycles. The van der Waals surface area contributed by atoms with Crippen LogP contribution in [0.4, 0.5) is 0 Å². The molecule has 0 bridgehead atoms. The van der Waals surface area contributed by atoms with Crippen LogP contribution in [0.25, 0.3) is 0 Å². The van der Waals surface area contributed by atoms with E-state index >= 15 is 0 Å². The van der Waals surface area contributed by atoms with Crippen molar-refractivity contribution in [3.8, 4) is 5.75 Å². The van der Waals surface area contributed by atoms with Crippen LogP contribution >= 0.6 is 0 Å². The summed E-state index contributed by atoms with van der Waals surface area (Å²) in [6.07, 6.45) is 6.20. The molecule has 0 heterocycles. The average Bonchev–Trinajstić information content (AvgIpc) is 2.52. The first-order valence-electron chi connectivity index (χ1n) is 7.74. The lowest BCUT2D eigenvalue weighted by Crippen LogP contribution is -2.30. The minimum atomic E-state index is 0.671. The van der Waals surface area contributed by atoms with Crippen molar-refractivity contribution in [2.75, 3.05) is 26.9 Å². The first-order valence-corrected chi connectivity index (χ1v) is 7.74. The molecule has 0 radical (unpaired) electrons. The highest BCUT2D eigenvalue weighted by Gasteiger charge is 2.23. The molecular formula is C17H27NO2. The van der Waals surface area contributed by atoms with Gasteiger partial charge in [0.2, 0.25) is 0 Å². The van der Waals surface area contributed by atoms with Crippen LogP contribution in [0, 0.1) is 11.8 Å². The summed E-state index contributed by atoms with van der Waals surface area (Å²) in [5.74, 6) is 2.25. The quantitative estimate of drug-likeness (QED) is 0.779. The van der Waals surface area contributed by atoms with Gasteiger partial charge < -0.3 is 15.2 Å². The van der Waals surface area contributed by atoms with Gasteiger partial charge in [0, 0.05) is 6.61 Å². The highest BCUT2D eigenvalue weighted by molar-refractivity contribution is 5.27. The van der Waals surface area contributed by atoms with E-state index in [0.717, 1.165) is 31.9 Å².